The second-order valence-corrected chi connectivity index (χ2v) is 3.99. The van der Waals surface area contributed by atoms with Crippen LogP contribution < -0.4 is 4.90 Å². The number of nitrogens with zero attached hydrogens (tertiary/aromatic N) is 3. The summed E-state index contributed by atoms with van der Waals surface area (Å²) in [5, 5.41) is 19.5. The molecule has 17 heavy (non-hydrogen) atoms. The van der Waals surface area contributed by atoms with Crippen LogP contribution in [0.5, 0.6) is 0 Å². The number of hydrogen-bond donors (Lipinski definition) is 1. The standard InChI is InChI=1S/C11H17N3O3/c1-9(2)13(6-3-7-15)11-8-10(14(16)17)4-5-12-11/h4-5,8-9,15H,3,6-7H2,1-2H3. The molecule has 0 radical (unpaired) electrons. The Labute approximate surface area is 100 Å². The Hall–Kier alpha value is -1.69. The number of aromatic nitrogens is 1. The molecule has 0 saturated carbocycles. The molecular weight excluding hydrogens is 222 g/mol. The van der Waals surface area contributed by atoms with Crippen LogP contribution in [0.1, 0.15) is 20.3 Å². The third-order valence-electron chi connectivity index (χ3n) is 2.41. The van der Waals surface area contributed by atoms with Crippen LogP contribution in [0.15, 0.2) is 18.3 Å². The van der Waals surface area contributed by atoms with Gasteiger partial charge >= 0.3 is 0 Å². The Morgan fingerprint density at radius 2 is 2.29 bits per heavy atom. The minimum Gasteiger partial charge on any atom is -0.396 e. The fourth-order valence-electron chi connectivity index (χ4n) is 1.56. The molecule has 1 heterocycles. The number of aliphatic hydroxyl groups excluding tert-OH is 1. The van der Waals surface area contributed by atoms with Gasteiger partial charge in [0.15, 0.2) is 0 Å². The first-order chi connectivity index (χ1) is 8.06. The Morgan fingerprint density at radius 3 is 2.82 bits per heavy atom. The first-order valence-corrected chi connectivity index (χ1v) is 5.54. The highest BCUT2D eigenvalue weighted by molar-refractivity contribution is 5.47. The lowest BCUT2D eigenvalue weighted by molar-refractivity contribution is -0.384. The third kappa shape index (κ3) is 3.67. The lowest BCUT2D eigenvalue weighted by atomic mass is 10.2. The van der Waals surface area contributed by atoms with E-state index in [1.54, 1.807) is 0 Å². The second kappa shape index (κ2) is 6.15. The summed E-state index contributed by atoms with van der Waals surface area (Å²) in [5.41, 5.74) is 0.0321. The molecule has 94 valence electrons. The van der Waals surface area contributed by atoms with Crippen LogP contribution in [0.4, 0.5) is 11.5 Å². The molecule has 0 bridgehead atoms. The quantitative estimate of drug-likeness (QED) is 0.602. The maximum atomic E-state index is 10.7. The largest absolute Gasteiger partial charge is 0.396 e. The summed E-state index contributed by atoms with van der Waals surface area (Å²) in [6.45, 7) is 4.69. The zero-order valence-electron chi connectivity index (χ0n) is 10.0. The Morgan fingerprint density at radius 1 is 1.59 bits per heavy atom. The van der Waals surface area contributed by atoms with E-state index in [-0.39, 0.29) is 18.3 Å². The lowest BCUT2D eigenvalue weighted by Crippen LogP contribution is -2.32. The number of aliphatic hydroxyl groups is 1. The molecule has 0 atom stereocenters. The van der Waals surface area contributed by atoms with Crippen molar-refractivity contribution in [2.24, 2.45) is 0 Å². The third-order valence-corrected chi connectivity index (χ3v) is 2.41. The number of anilines is 1. The first kappa shape index (κ1) is 13.4. The highest BCUT2D eigenvalue weighted by atomic mass is 16.6. The maximum absolute atomic E-state index is 10.7. The van der Waals surface area contributed by atoms with Gasteiger partial charge in [0.2, 0.25) is 0 Å². The number of hydrogen-bond acceptors (Lipinski definition) is 5. The molecule has 0 aliphatic carbocycles. The number of nitro groups is 1. The molecule has 6 nitrogen and oxygen atoms in total. The van der Waals surface area contributed by atoms with Crippen LogP contribution in [-0.4, -0.2) is 34.2 Å². The zero-order chi connectivity index (χ0) is 12.8. The molecule has 0 aliphatic heterocycles. The molecule has 0 aliphatic rings. The van der Waals surface area contributed by atoms with E-state index < -0.39 is 4.92 Å². The highest BCUT2D eigenvalue weighted by Crippen LogP contribution is 2.20. The Balaban J connectivity index is 2.93. The predicted octanol–water partition coefficient (Wildman–Crippen LogP) is 1.59. The first-order valence-electron chi connectivity index (χ1n) is 5.54. The van der Waals surface area contributed by atoms with E-state index in [4.69, 9.17) is 5.11 Å². The van der Waals surface area contributed by atoms with Crippen molar-refractivity contribution in [3.05, 3.63) is 28.4 Å². The SMILES string of the molecule is CC(C)N(CCCO)c1cc([N+](=O)[O-])ccn1. The average Bonchev–Trinajstić information content (AvgIpc) is 2.29. The van der Waals surface area contributed by atoms with Gasteiger partial charge in [-0.1, -0.05) is 0 Å². The molecule has 0 aromatic carbocycles. The van der Waals surface area contributed by atoms with Crippen LogP contribution in [0.3, 0.4) is 0 Å². The van der Waals surface area contributed by atoms with Gasteiger partial charge < -0.3 is 10.0 Å². The second-order valence-electron chi connectivity index (χ2n) is 3.99. The maximum Gasteiger partial charge on any atom is 0.274 e. The summed E-state index contributed by atoms with van der Waals surface area (Å²) < 4.78 is 0. The minimum atomic E-state index is -0.435. The number of pyridine rings is 1. The molecule has 1 N–H and O–H groups in total. The molecule has 0 fully saturated rings. The van der Waals surface area contributed by atoms with Crippen LogP contribution in [-0.2, 0) is 0 Å². The van der Waals surface area contributed by atoms with Crippen LogP contribution in [0.25, 0.3) is 0 Å². The van der Waals surface area contributed by atoms with Crippen molar-refractivity contribution < 1.29 is 10.0 Å². The van der Waals surface area contributed by atoms with Gasteiger partial charge in [-0.3, -0.25) is 10.1 Å². The lowest BCUT2D eigenvalue weighted by Gasteiger charge is -2.27. The van der Waals surface area contributed by atoms with E-state index in [9.17, 15) is 10.1 Å². The smallest absolute Gasteiger partial charge is 0.274 e. The molecule has 6 heteroatoms. The van der Waals surface area contributed by atoms with Crippen molar-refractivity contribution in [3.8, 4) is 0 Å². The van der Waals surface area contributed by atoms with Crippen LogP contribution in [0.2, 0.25) is 0 Å². The van der Waals surface area contributed by atoms with Crippen molar-refractivity contribution in [3.63, 3.8) is 0 Å². The summed E-state index contributed by atoms with van der Waals surface area (Å²) in [4.78, 5) is 16.3. The van der Waals surface area contributed by atoms with Gasteiger partial charge in [0.25, 0.3) is 5.69 Å². The summed E-state index contributed by atoms with van der Waals surface area (Å²) in [6.07, 6.45) is 2.05. The molecule has 1 aromatic heterocycles. The topological polar surface area (TPSA) is 79.5 Å². The van der Waals surface area contributed by atoms with E-state index in [1.807, 2.05) is 18.7 Å². The van der Waals surface area contributed by atoms with E-state index in [1.165, 1.54) is 18.3 Å². The summed E-state index contributed by atoms with van der Waals surface area (Å²) in [7, 11) is 0. The number of rotatable bonds is 6. The molecule has 0 spiro atoms. The van der Waals surface area contributed by atoms with Gasteiger partial charge in [-0.2, -0.15) is 0 Å². The van der Waals surface area contributed by atoms with Gasteiger partial charge in [-0.15, -0.1) is 0 Å². The van der Waals surface area contributed by atoms with E-state index in [0.29, 0.717) is 18.8 Å². The fraction of sp³-hybridized carbons (Fsp3) is 0.545. The van der Waals surface area contributed by atoms with E-state index in [0.717, 1.165) is 0 Å². The molecular formula is C11H17N3O3. The van der Waals surface area contributed by atoms with Gasteiger partial charge in [0, 0.05) is 31.5 Å². The zero-order valence-corrected chi connectivity index (χ0v) is 10.0. The summed E-state index contributed by atoms with van der Waals surface area (Å²) in [5.74, 6) is 0.572. The normalized spacial score (nSPS) is 10.6. The van der Waals surface area contributed by atoms with Crippen molar-refractivity contribution in [2.45, 2.75) is 26.3 Å². The van der Waals surface area contributed by atoms with Crippen LogP contribution >= 0.6 is 0 Å². The van der Waals surface area contributed by atoms with Gasteiger partial charge in [-0.05, 0) is 20.3 Å². The van der Waals surface area contributed by atoms with Crippen molar-refractivity contribution in [2.75, 3.05) is 18.1 Å². The van der Waals surface area contributed by atoms with Crippen molar-refractivity contribution in [1.82, 2.24) is 4.98 Å². The summed E-state index contributed by atoms with van der Waals surface area (Å²) >= 11 is 0. The fourth-order valence-corrected chi connectivity index (χ4v) is 1.56. The highest BCUT2D eigenvalue weighted by Gasteiger charge is 2.14. The van der Waals surface area contributed by atoms with Crippen molar-refractivity contribution >= 4 is 11.5 Å². The average molecular weight is 239 g/mol. The molecule has 1 aromatic rings. The van der Waals surface area contributed by atoms with E-state index >= 15 is 0 Å². The van der Waals surface area contributed by atoms with Crippen molar-refractivity contribution in [1.29, 1.82) is 0 Å². The predicted molar refractivity (Wildman–Crippen MR) is 65.1 cm³/mol. The summed E-state index contributed by atoms with van der Waals surface area (Å²) in [6, 6.07) is 3.00. The molecule has 0 amide bonds. The van der Waals surface area contributed by atoms with Gasteiger partial charge in [0.1, 0.15) is 5.82 Å². The van der Waals surface area contributed by atoms with Gasteiger partial charge in [0.05, 0.1) is 11.0 Å². The Kier molecular flexibility index (Phi) is 4.84. The molecule has 0 saturated heterocycles. The van der Waals surface area contributed by atoms with E-state index in [2.05, 4.69) is 4.98 Å². The van der Waals surface area contributed by atoms with Crippen LogP contribution in [0, 0.1) is 10.1 Å². The Bertz CT molecular complexity index is 382. The molecule has 0 unspecified atom stereocenters. The molecule has 1 rings (SSSR count). The monoisotopic (exact) mass is 239 g/mol. The van der Waals surface area contributed by atoms with Gasteiger partial charge in [-0.25, -0.2) is 4.98 Å². The minimum absolute atomic E-state index is 0.0321.